The first-order valence-electron chi connectivity index (χ1n) is 4.77. The molecule has 3 N–H and O–H groups in total. The fourth-order valence-electron chi connectivity index (χ4n) is 1.13. The van der Waals surface area contributed by atoms with Crippen LogP contribution < -0.4 is 11.1 Å². The Morgan fingerprint density at radius 2 is 2.00 bits per heavy atom. The van der Waals surface area contributed by atoms with Crippen molar-refractivity contribution in [1.82, 2.24) is 10.2 Å². The minimum Gasteiger partial charge on any atom is -0.406 e. The Morgan fingerprint density at radius 3 is 2.56 bits per heavy atom. The second kappa shape index (κ2) is 4.63. The first kappa shape index (κ1) is 11.1. The second-order valence-corrected chi connectivity index (χ2v) is 4.28. The Hall–Kier alpha value is -1.40. The van der Waals surface area contributed by atoms with E-state index in [0.717, 1.165) is 10.2 Å². The van der Waals surface area contributed by atoms with Gasteiger partial charge in [-0.2, -0.15) is 0 Å². The van der Waals surface area contributed by atoms with Crippen LogP contribution in [0, 0.1) is 0 Å². The van der Waals surface area contributed by atoms with Crippen LogP contribution in [0.5, 0.6) is 0 Å². The fourth-order valence-corrected chi connectivity index (χ4v) is 1.39. The number of nitrogens with zero attached hydrogens (tertiary/aromatic N) is 2. The zero-order chi connectivity index (χ0) is 11.5. The molecular formula is C10H11BrN4O. The molecule has 0 amide bonds. The van der Waals surface area contributed by atoms with Crippen LogP contribution in [0.15, 0.2) is 33.2 Å². The summed E-state index contributed by atoms with van der Waals surface area (Å²) in [6.45, 7) is 1.79. The van der Waals surface area contributed by atoms with Gasteiger partial charge in [-0.15, -0.1) is 5.10 Å². The smallest absolute Gasteiger partial charge is 0.320 e. The number of aromatic nitrogens is 2. The van der Waals surface area contributed by atoms with Gasteiger partial charge in [0.1, 0.15) is 0 Å². The Kier molecular flexibility index (Phi) is 3.21. The standard InChI is InChI=1S/C10H11BrN4O/c1-6(12)9-14-15-10(16-9)13-8-4-2-7(11)3-5-8/h2-6H,12H2,1H3,(H,13,15). The summed E-state index contributed by atoms with van der Waals surface area (Å²) < 4.78 is 6.32. The molecule has 84 valence electrons. The fraction of sp³-hybridized carbons (Fsp3) is 0.200. The Labute approximate surface area is 101 Å². The van der Waals surface area contributed by atoms with Gasteiger partial charge in [-0.1, -0.05) is 21.0 Å². The summed E-state index contributed by atoms with van der Waals surface area (Å²) in [5.41, 5.74) is 6.49. The van der Waals surface area contributed by atoms with Crippen molar-refractivity contribution in [2.24, 2.45) is 5.73 Å². The molecule has 16 heavy (non-hydrogen) atoms. The van der Waals surface area contributed by atoms with Crippen molar-refractivity contribution in [1.29, 1.82) is 0 Å². The third-order valence-electron chi connectivity index (χ3n) is 1.93. The van der Waals surface area contributed by atoms with Crippen LogP contribution in [0.3, 0.4) is 0 Å². The average Bonchev–Trinajstić information content (AvgIpc) is 2.70. The normalized spacial score (nSPS) is 12.4. The number of anilines is 2. The van der Waals surface area contributed by atoms with Gasteiger partial charge >= 0.3 is 6.01 Å². The van der Waals surface area contributed by atoms with Gasteiger partial charge in [0, 0.05) is 10.2 Å². The minimum absolute atomic E-state index is 0.257. The Balaban J connectivity index is 2.11. The number of nitrogens with one attached hydrogen (secondary N) is 1. The van der Waals surface area contributed by atoms with Gasteiger partial charge in [0.05, 0.1) is 6.04 Å². The van der Waals surface area contributed by atoms with Crippen molar-refractivity contribution in [2.75, 3.05) is 5.32 Å². The van der Waals surface area contributed by atoms with Crippen LogP contribution in [0.25, 0.3) is 0 Å². The van der Waals surface area contributed by atoms with Crippen LogP contribution in [0.2, 0.25) is 0 Å². The highest BCUT2D eigenvalue weighted by Crippen LogP contribution is 2.19. The summed E-state index contributed by atoms with van der Waals surface area (Å²) in [6, 6.07) is 7.73. The molecule has 2 aromatic rings. The lowest BCUT2D eigenvalue weighted by Gasteiger charge is -2.00. The van der Waals surface area contributed by atoms with E-state index in [-0.39, 0.29) is 6.04 Å². The minimum atomic E-state index is -0.257. The first-order valence-corrected chi connectivity index (χ1v) is 5.56. The Morgan fingerprint density at radius 1 is 1.31 bits per heavy atom. The molecule has 0 saturated heterocycles. The summed E-state index contributed by atoms with van der Waals surface area (Å²) in [4.78, 5) is 0. The molecule has 0 spiro atoms. The first-order chi connectivity index (χ1) is 7.65. The molecule has 1 atom stereocenters. The number of rotatable bonds is 3. The van der Waals surface area contributed by atoms with E-state index in [1.165, 1.54) is 0 Å². The van der Waals surface area contributed by atoms with Crippen LogP contribution in [0.4, 0.5) is 11.7 Å². The highest BCUT2D eigenvalue weighted by atomic mass is 79.9. The van der Waals surface area contributed by atoms with E-state index in [2.05, 4.69) is 31.4 Å². The molecular weight excluding hydrogens is 272 g/mol. The van der Waals surface area contributed by atoms with Gasteiger partial charge in [0.2, 0.25) is 5.89 Å². The quantitative estimate of drug-likeness (QED) is 0.905. The summed E-state index contributed by atoms with van der Waals surface area (Å²) >= 11 is 3.36. The van der Waals surface area contributed by atoms with E-state index in [1.807, 2.05) is 24.3 Å². The molecule has 0 saturated carbocycles. The van der Waals surface area contributed by atoms with E-state index in [0.29, 0.717) is 11.9 Å². The lowest BCUT2D eigenvalue weighted by Crippen LogP contribution is -2.04. The average molecular weight is 283 g/mol. The van der Waals surface area contributed by atoms with Crippen molar-refractivity contribution < 1.29 is 4.42 Å². The molecule has 0 aliphatic heterocycles. The number of nitrogens with two attached hydrogens (primary N) is 1. The summed E-state index contributed by atoms with van der Waals surface area (Å²) in [5, 5.41) is 10.6. The number of benzene rings is 1. The zero-order valence-corrected chi connectivity index (χ0v) is 10.2. The van der Waals surface area contributed by atoms with E-state index in [4.69, 9.17) is 10.2 Å². The Bertz CT molecular complexity index is 466. The van der Waals surface area contributed by atoms with Crippen molar-refractivity contribution >= 4 is 27.6 Å². The summed E-state index contributed by atoms with van der Waals surface area (Å²) in [6.07, 6.45) is 0. The van der Waals surface area contributed by atoms with Gasteiger partial charge < -0.3 is 15.5 Å². The van der Waals surface area contributed by atoms with Gasteiger partial charge in [0.15, 0.2) is 0 Å². The molecule has 1 heterocycles. The lowest BCUT2D eigenvalue weighted by atomic mass is 10.3. The van der Waals surface area contributed by atoms with Gasteiger partial charge in [-0.25, -0.2) is 0 Å². The SMILES string of the molecule is CC(N)c1nnc(Nc2ccc(Br)cc2)o1. The third kappa shape index (κ3) is 2.59. The third-order valence-corrected chi connectivity index (χ3v) is 2.45. The molecule has 2 rings (SSSR count). The van der Waals surface area contributed by atoms with Crippen LogP contribution >= 0.6 is 15.9 Å². The number of hydrogen-bond donors (Lipinski definition) is 2. The van der Waals surface area contributed by atoms with Crippen molar-refractivity contribution in [3.8, 4) is 0 Å². The molecule has 5 nitrogen and oxygen atoms in total. The van der Waals surface area contributed by atoms with E-state index < -0.39 is 0 Å². The zero-order valence-electron chi connectivity index (χ0n) is 8.64. The van der Waals surface area contributed by atoms with Gasteiger partial charge in [-0.3, -0.25) is 0 Å². The largest absolute Gasteiger partial charge is 0.406 e. The van der Waals surface area contributed by atoms with Crippen LogP contribution in [-0.2, 0) is 0 Å². The summed E-state index contributed by atoms with van der Waals surface area (Å²) in [7, 11) is 0. The molecule has 0 bridgehead atoms. The van der Waals surface area contributed by atoms with Crippen LogP contribution in [0.1, 0.15) is 18.9 Å². The highest BCUT2D eigenvalue weighted by molar-refractivity contribution is 9.10. The van der Waals surface area contributed by atoms with E-state index in [9.17, 15) is 0 Å². The summed E-state index contributed by atoms with van der Waals surface area (Å²) in [5.74, 6) is 0.416. The molecule has 1 aromatic heterocycles. The molecule has 1 aromatic carbocycles. The highest BCUT2D eigenvalue weighted by Gasteiger charge is 2.09. The molecule has 0 fully saturated rings. The second-order valence-electron chi connectivity index (χ2n) is 3.37. The van der Waals surface area contributed by atoms with Crippen molar-refractivity contribution in [2.45, 2.75) is 13.0 Å². The van der Waals surface area contributed by atoms with Crippen molar-refractivity contribution in [3.63, 3.8) is 0 Å². The molecule has 0 aliphatic carbocycles. The maximum atomic E-state index is 5.61. The van der Waals surface area contributed by atoms with Crippen molar-refractivity contribution in [3.05, 3.63) is 34.6 Å². The predicted molar refractivity (Wildman–Crippen MR) is 64.3 cm³/mol. The molecule has 0 aliphatic rings. The maximum Gasteiger partial charge on any atom is 0.320 e. The van der Waals surface area contributed by atoms with E-state index in [1.54, 1.807) is 6.92 Å². The number of hydrogen-bond acceptors (Lipinski definition) is 5. The van der Waals surface area contributed by atoms with Crippen LogP contribution in [-0.4, -0.2) is 10.2 Å². The molecule has 0 radical (unpaired) electrons. The topological polar surface area (TPSA) is 77.0 Å². The number of halogens is 1. The lowest BCUT2D eigenvalue weighted by molar-refractivity contribution is 0.475. The predicted octanol–water partition coefficient (Wildman–Crippen LogP) is 2.60. The maximum absolute atomic E-state index is 5.61. The molecule has 1 unspecified atom stereocenters. The van der Waals surface area contributed by atoms with Gasteiger partial charge in [-0.05, 0) is 31.2 Å². The van der Waals surface area contributed by atoms with E-state index >= 15 is 0 Å². The monoisotopic (exact) mass is 282 g/mol. The van der Waals surface area contributed by atoms with Gasteiger partial charge in [0.25, 0.3) is 0 Å². The molecule has 6 heteroatoms.